The highest BCUT2D eigenvalue weighted by molar-refractivity contribution is 7.92. The van der Waals surface area contributed by atoms with Gasteiger partial charge in [0.05, 0.1) is 23.8 Å². The van der Waals surface area contributed by atoms with Crippen LogP contribution in [0, 0.1) is 11.8 Å². The summed E-state index contributed by atoms with van der Waals surface area (Å²) in [5.41, 5.74) is 1.61. The van der Waals surface area contributed by atoms with Crippen molar-refractivity contribution in [3.05, 3.63) is 29.3 Å². The van der Waals surface area contributed by atoms with E-state index in [4.69, 9.17) is 4.74 Å². The monoisotopic (exact) mass is 462 g/mol. The highest BCUT2D eigenvalue weighted by Gasteiger charge is 2.48. The highest BCUT2D eigenvalue weighted by Crippen LogP contribution is 2.38. The van der Waals surface area contributed by atoms with Crippen LogP contribution in [-0.4, -0.2) is 62.8 Å². The van der Waals surface area contributed by atoms with E-state index in [0.717, 1.165) is 29.6 Å². The van der Waals surface area contributed by atoms with Crippen LogP contribution < -0.4 is 4.31 Å². The van der Waals surface area contributed by atoms with Gasteiger partial charge in [0.15, 0.2) is 12.4 Å². The van der Waals surface area contributed by atoms with Crippen molar-refractivity contribution in [2.45, 2.75) is 38.5 Å². The van der Waals surface area contributed by atoms with Crippen LogP contribution >= 0.6 is 0 Å². The van der Waals surface area contributed by atoms with Crippen LogP contribution in [-0.2, 0) is 35.6 Å². The molecule has 3 aliphatic rings. The van der Waals surface area contributed by atoms with Gasteiger partial charge in [0.2, 0.25) is 21.8 Å². The SMILES string of the molecule is CS(=O)(=O)N1CCCc2cc(C(=O)COC(=O)CN3C(=O)C4CCCCC4C3=O)ccc21. The van der Waals surface area contributed by atoms with Crippen molar-refractivity contribution in [2.24, 2.45) is 11.8 Å². The molecular weight excluding hydrogens is 436 g/mol. The van der Waals surface area contributed by atoms with Crippen LogP contribution in [0.3, 0.4) is 0 Å². The molecule has 32 heavy (non-hydrogen) atoms. The number of ether oxygens (including phenoxy) is 1. The standard InChI is InChI=1S/C22H26N2O7S/c1-32(29,30)24-10-4-5-14-11-15(8-9-18(14)24)19(25)13-31-20(26)12-23-21(27)16-6-2-3-7-17(16)22(23)28/h8-9,11,16-17H,2-7,10,12-13H2,1H3. The van der Waals surface area contributed by atoms with Gasteiger partial charge in [-0.15, -0.1) is 0 Å². The first-order valence-corrected chi connectivity index (χ1v) is 12.7. The number of likely N-dealkylation sites (tertiary alicyclic amines) is 1. The first-order valence-electron chi connectivity index (χ1n) is 10.8. The lowest BCUT2D eigenvalue weighted by atomic mass is 9.81. The van der Waals surface area contributed by atoms with Gasteiger partial charge in [-0.3, -0.25) is 28.4 Å². The van der Waals surface area contributed by atoms with E-state index in [0.29, 0.717) is 43.5 Å². The molecule has 0 bridgehead atoms. The molecule has 0 spiro atoms. The second kappa shape index (κ2) is 8.65. The highest BCUT2D eigenvalue weighted by atomic mass is 32.2. The van der Waals surface area contributed by atoms with Gasteiger partial charge in [0, 0.05) is 12.1 Å². The lowest BCUT2D eigenvalue weighted by Crippen LogP contribution is -2.37. The van der Waals surface area contributed by atoms with Crippen LogP contribution in [0.25, 0.3) is 0 Å². The van der Waals surface area contributed by atoms with E-state index in [9.17, 15) is 27.6 Å². The molecule has 0 aromatic heterocycles. The number of anilines is 1. The molecular formula is C22H26N2O7S. The Balaban J connectivity index is 1.36. The van der Waals surface area contributed by atoms with E-state index in [-0.39, 0.29) is 23.7 Å². The molecule has 0 radical (unpaired) electrons. The topological polar surface area (TPSA) is 118 Å². The van der Waals surface area contributed by atoms with Crippen LogP contribution in [0.15, 0.2) is 18.2 Å². The summed E-state index contributed by atoms with van der Waals surface area (Å²) in [5.74, 6) is -2.58. The number of carbonyl (C=O) groups excluding carboxylic acids is 4. The molecule has 2 atom stereocenters. The number of amides is 2. The van der Waals surface area contributed by atoms with Crippen molar-refractivity contribution in [2.75, 3.05) is 30.3 Å². The minimum absolute atomic E-state index is 0.311. The van der Waals surface area contributed by atoms with Crippen molar-refractivity contribution in [3.63, 3.8) is 0 Å². The number of sulfonamides is 1. The summed E-state index contributed by atoms with van der Waals surface area (Å²) >= 11 is 0. The molecule has 10 heteroatoms. The summed E-state index contributed by atoms with van der Waals surface area (Å²) in [6.45, 7) is -0.603. The summed E-state index contributed by atoms with van der Waals surface area (Å²) < 4.78 is 30.3. The number of imide groups is 1. The second-order valence-electron chi connectivity index (χ2n) is 8.63. The van der Waals surface area contributed by atoms with Crippen molar-refractivity contribution >= 4 is 39.3 Å². The van der Waals surface area contributed by atoms with Crippen molar-refractivity contribution in [3.8, 4) is 0 Å². The zero-order chi connectivity index (χ0) is 23.0. The lowest BCUT2D eigenvalue weighted by Gasteiger charge is -2.29. The Morgan fingerprint density at radius 3 is 2.34 bits per heavy atom. The quantitative estimate of drug-likeness (QED) is 0.355. The fraction of sp³-hybridized carbons (Fsp3) is 0.545. The van der Waals surface area contributed by atoms with Crippen molar-refractivity contribution in [1.29, 1.82) is 0 Å². The largest absolute Gasteiger partial charge is 0.456 e. The van der Waals surface area contributed by atoms with Crippen LogP contribution in [0.1, 0.15) is 48.0 Å². The zero-order valence-corrected chi connectivity index (χ0v) is 18.7. The third-order valence-electron chi connectivity index (χ3n) is 6.46. The third-order valence-corrected chi connectivity index (χ3v) is 7.64. The minimum atomic E-state index is -3.40. The Morgan fingerprint density at radius 1 is 1.06 bits per heavy atom. The van der Waals surface area contributed by atoms with E-state index in [1.807, 2.05) is 0 Å². The summed E-state index contributed by atoms with van der Waals surface area (Å²) in [6, 6.07) is 4.73. The van der Waals surface area contributed by atoms with Gasteiger partial charge in [-0.1, -0.05) is 12.8 Å². The van der Waals surface area contributed by atoms with Gasteiger partial charge in [0.1, 0.15) is 6.54 Å². The minimum Gasteiger partial charge on any atom is -0.456 e. The molecule has 2 heterocycles. The lowest BCUT2D eigenvalue weighted by molar-refractivity contribution is -0.152. The van der Waals surface area contributed by atoms with Gasteiger partial charge in [-0.25, -0.2) is 8.42 Å². The van der Waals surface area contributed by atoms with Crippen molar-refractivity contribution < 1.29 is 32.3 Å². The number of carbonyl (C=O) groups is 4. The van der Waals surface area contributed by atoms with Gasteiger partial charge in [-0.2, -0.15) is 0 Å². The predicted molar refractivity (Wildman–Crippen MR) is 114 cm³/mol. The number of ketones is 1. The maximum absolute atomic E-state index is 12.5. The number of fused-ring (bicyclic) bond motifs is 2. The zero-order valence-electron chi connectivity index (χ0n) is 17.9. The van der Waals surface area contributed by atoms with Gasteiger partial charge >= 0.3 is 5.97 Å². The van der Waals surface area contributed by atoms with Gasteiger partial charge in [-0.05, 0) is 49.4 Å². The average molecular weight is 463 g/mol. The fourth-order valence-corrected chi connectivity index (χ4v) is 5.87. The first kappa shape index (κ1) is 22.4. The second-order valence-corrected chi connectivity index (χ2v) is 10.5. The summed E-state index contributed by atoms with van der Waals surface area (Å²) in [5, 5.41) is 0. The van der Waals surface area contributed by atoms with Crippen molar-refractivity contribution in [1.82, 2.24) is 4.90 Å². The molecule has 1 aliphatic carbocycles. The maximum atomic E-state index is 12.5. The molecule has 1 saturated heterocycles. The van der Waals surface area contributed by atoms with E-state index in [1.54, 1.807) is 12.1 Å². The van der Waals surface area contributed by atoms with E-state index in [1.165, 1.54) is 10.4 Å². The summed E-state index contributed by atoms with van der Waals surface area (Å²) in [6.07, 6.45) is 5.55. The average Bonchev–Trinajstić information content (AvgIpc) is 3.01. The predicted octanol–water partition coefficient (Wildman–Crippen LogP) is 1.30. The molecule has 4 rings (SSSR count). The molecule has 2 unspecified atom stereocenters. The number of rotatable bonds is 6. The Labute approximate surface area is 186 Å². The van der Waals surface area contributed by atoms with Crippen LogP contribution in [0.4, 0.5) is 5.69 Å². The summed E-state index contributed by atoms with van der Waals surface area (Å²) in [7, 11) is -3.40. The molecule has 2 fully saturated rings. The first-order chi connectivity index (χ1) is 15.2. The van der Waals surface area contributed by atoms with Gasteiger partial charge < -0.3 is 4.74 Å². The number of Topliss-reactive ketones (excluding diaryl/α,β-unsaturated/α-hetero) is 1. The molecule has 1 saturated carbocycles. The number of benzene rings is 1. The molecule has 2 aliphatic heterocycles. The Kier molecular flexibility index (Phi) is 6.07. The van der Waals surface area contributed by atoms with E-state index < -0.39 is 34.9 Å². The van der Waals surface area contributed by atoms with Gasteiger partial charge in [0.25, 0.3) is 0 Å². The normalized spacial score (nSPS) is 23.0. The molecule has 1 aromatic rings. The number of esters is 1. The Morgan fingerprint density at radius 2 is 1.72 bits per heavy atom. The van der Waals surface area contributed by atoms with E-state index >= 15 is 0 Å². The molecule has 2 amide bonds. The molecule has 9 nitrogen and oxygen atoms in total. The Hall–Kier alpha value is -2.75. The van der Waals surface area contributed by atoms with Crippen LogP contribution in [0.5, 0.6) is 0 Å². The number of nitrogens with zero attached hydrogens (tertiary/aromatic N) is 2. The molecule has 1 aromatic carbocycles. The number of hydrogen-bond donors (Lipinski definition) is 0. The molecule has 172 valence electrons. The fourth-order valence-electron chi connectivity index (χ4n) is 4.87. The number of aryl methyl sites for hydroxylation is 1. The third kappa shape index (κ3) is 4.28. The molecule has 0 N–H and O–H groups in total. The maximum Gasteiger partial charge on any atom is 0.326 e. The number of hydrogen-bond acceptors (Lipinski definition) is 7. The summed E-state index contributed by atoms with van der Waals surface area (Å²) in [4.78, 5) is 50.6. The van der Waals surface area contributed by atoms with E-state index in [2.05, 4.69) is 0 Å². The Bertz CT molecular complexity index is 1060. The smallest absolute Gasteiger partial charge is 0.326 e. The van der Waals surface area contributed by atoms with Crippen LogP contribution in [0.2, 0.25) is 0 Å².